The summed E-state index contributed by atoms with van der Waals surface area (Å²) in [5.41, 5.74) is 2.70. The first kappa shape index (κ1) is 24.4. The largest absolute Gasteiger partial charge is 0.490 e. The Balaban J connectivity index is 1.25. The molecule has 0 radical (unpaired) electrons. The van der Waals surface area contributed by atoms with Crippen LogP contribution in [0.15, 0.2) is 48.5 Å². The highest BCUT2D eigenvalue weighted by Crippen LogP contribution is 2.27. The minimum Gasteiger partial charge on any atom is -0.490 e. The second-order valence-corrected chi connectivity index (χ2v) is 8.93. The van der Waals surface area contributed by atoms with Crippen LogP contribution in [0.5, 0.6) is 11.6 Å². The Kier molecular flexibility index (Phi) is 8.13. The Hall–Kier alpha value is -3.68. The predicted molar refractivity (Wildman–Crippen MR) is 132 cm³/mol. The zero-order valence-corrected chi connectivity index (χ0v) is 19.9. The molecule has 8 heteroatoms. The lowest BCUT2D eigenvalue weighted by Crippen LogP contribution is -2.42. The summed E-state index contributed by atoms with van der Waals surface area (Å²) < 4.78 is 11.4. The zero-order chi connectivity index (χ0) is 24.6. The van der Waals surface area contributed by atoms with E-state index in [9.17, 15) is 14.7 Å². The van der Waals surface area contributed by atoms with E-state index in [1.165, 1.54) is 6.42 Å². The van der Waals surface area contributed by atoms with Crippen molar-refractivity contribution in [3.8, 4) is 11.6 Å². The maximum atomic E-state index is 12.6. The average Bonchev–Trinajstić information content (AvgIpc) is 2.87. The lowest BCUT2D eigenvalue weighted by atomic mass is 9.85. The van der Waals surface area contributed by atoms with Crippen molar-refractivity contribution in [2.24, 2.45) is 5.92 Å². The van der Waals surface area contributed by atoms with Crippen LogP contribution < -0.4 is 14.8 Å². The topological polar surface area (TPSA) is 111 Å². The Morgan fingerprint density at radius 3 is 2.31 bits per heavy atom. The number of aryl methyl sites for hydroxylation is 1. The fourth-order valence-corrected chi connectivity index (χ4v) is 4.43. The monoisotopic (exact) mass is 477 g/mol. The summed E-state index contributed by atoms with van der Waals surface area (Å²) in [4.78, 5) is 33.3. The molecule has 1 atom stereocenters. The highest BCUT2D eigenvalue weighted by atomic mass is 16.5. The van der Waals surface area contributed by atoms with Gasteiger partial charge in [-0.25, -0.2) is 14.8 Å². The van der Waals surface area contributed by atoms with Gasteiger partial charge in [0.2, 0.25) is 5.88 Å². The van der Waals surface area contributed by atoms with Crippen LogP contribution in [0, 0.1) is 12.8 Å². The van der Waals surface area contributed by atoms with Gasteiger partial charge in [-0.2, -0.15) is 0 Å². The highest BCUT2D eigenvalue weighted by Gasteiger charge is 2.25. The van der Waals surface area contributed by atoms with E-state index in [2.05, 4.69) is 15.3 Å². The number of rotatable bonds is 10. The van der Waals surface area contributed by atoms with Crippen molar-refractivity contribution in [1.82, 2.24) is 15.3 Å². The minimum atomic E-state index is -0.991. The second kappa shape index (κ2) is 11.6. The molecule has 184 valence electrons. The highest BCUT2D eigenvalue weighted by molar-refractivity contribution is 5.96. The van der Waals surface area contributed by atoms with Crippen molar-refractivity contribution < 1.29 is 24.2 Å². The number of amides is 1. The smallest absolute Gasteiger partial charge is 0.326 e. The number of hydrogen-bond acceptors (Lipinski definition) is 6. The van der Waals surface area contributed by atoms with Crippen molar-refractivity contribution in [2.45, 2.75) is 51.5 Å². The number of fused-ring (bicyclic) bond motifs is 1. The van der Waals surface area contributed by atoms with Gasteiger partial charge in [0.15, 0.2) is 0 Å². The van der Waals surface area contributed by atoms with Gasteiger partial charge in [0.1, 0.15) is 30.7 Å². The van der Waals surface area contributed by atoms with Crippen LogP contribution in [-0.4, -0.2) is 46.2 Å². The van der Waals surface area contributed by atoms with Gasteiger partial charge < -0.3 is 19.9 Å². The van der Waals surface area contributed by atoms with Crippen LogP contribution in [0.4, 0.5) is 0 Å². The maximum absolute atomic E-state index is 12.6. The van der Waals surface area contributed by atoms with Gasteiger partial charge in [0, 0.05) is 5.56 Å². The van der Waals surface area contributed by atoms with Crippen molar-refractivity contribution in [2.75, 3.05) is 13.2 Å². The number of carbonyl (C=O) groups is 2. The molecule has 0 unspecified atom stereocenters. The van der Waals surface area contributed by atoms with Gasteiger partial charge in [-0.05, 0) is 55.7 Å². The molecule has 0 bridgehead atoms. The van der Waals surface area contributed by atoms with E-state index >= 15 is 0 Å². The molecule has 35 heavy (non-hydrogen) atoms. The molecule has 4 rings (SSSR count). The summed E-state index contributed by atoms with van der Waals surface area (Å²) in [6.45, 7) is 2.43. The molecule has 8 nitrogen and oxygen atoms in total. The first-order valence-corrected chi connectivity index (χ1v) is 12.1. The van der Waals surface area contributed by atoms with E-state index in [0.29, 0.717) is 41.8 Å². The molecule has 2 aromatic carbocycles. The third-order valence-corrected chi connectivity index (χ3v) is 6.31. The number of aliphatic carboxylic acids is 1. The number of ether oxygens (including phenoxy) is 2. The Morgan fingerprint density at radius 1 is 0.971 bits per heavy atom. The molecule has 1 fully saturated rings. The molecule has 1 saturated carbocycles. The standard InChI is InChI=1S/C27H31N3O5/c1-18-26(30-23-10-6-5-9-22(23)28-18)35-16-15-34-21-13-11-20(12-14-21)25(31)29-24(27(32)33)17-19-7-3-2-4-8-19/h5-6,9-14,19,24H,2-4,7-8,15-17H2,1H3,(H,29,31)(H,32,33)/t24-/m0/s1. The molecule has 2 N–H and O–H groups in total. The Morgan fingerprint density at radius 2 is 1.63 bits per heavy atom. The number of aromatic nitrogens is 2. The second-order valence-electron chi connectivity index (χ2n) is 8.93. The van der Waals surface area contributed by atoms with E-state index in [4.69, 9.17) is 9.47 Å². The van der Waals surface area contributed by atoms with Crippen LogP contribution in [0.2, 0.25) is 0 Å². The van der Waals surface area contributed by atoms with Gasteiger partial charge in [-0.1, -0.05) is 44.2 Å². The number of carbonyl (C=O) groups excluding carboxylic acids is 1. The van der Waals surface area contributed by atoms with Crippen molar-refractivity contribution in [3.05, 3.63) is 59.8 Å². The molecule has 0 spiro atoms. The molecule has 1 aromatic heterocycles. The molecular formula is C27H31N3O5. The van der Waals surface area contributed by atoms with Crippen molar-refractivity contribution in [1.29, 1.82) is 0 Å². The molecule has 0 saturated heterocycles. The fraction of sp³-hybridized carbons (Fsp3) is 0.407. The van der Waals surface area contributed by atoms with Gasteiger partial charge >= 0.3 is 5.97 Å². The van der Waals surface area contributed by atoms with Gasteiger partial charge in [0.25, 0.3) is 5.91 Å². The van der Waals surface area contributed by atoms with Crippen LogP contribution in [0.3, 0.4) is 0 Å². The van der Waals surface area contributed by atoms with E-state index < -0.39 is 17.9 Å². The van der Waals surface area contributed by atoms with Crippen LogP contribution in [-0.2, 0) is 4.79 Å². The van der Waals surface area contributed by atoms with Gasteiger partial charge in [-0.3, -0.25) is 4.79 Å². The summed E-state index contributed by atoms with van der Waals surface area (Å²) in [7, 11) is 0. The van der Waals surface area contributed by atoms with Gasteiger partial charge in [-0.15, -0.1) is 0 Å². The summed E-state index contributed by atoms with van der Waals surface area (Å²) in [6.07, 6.45) is 6.01. The number of para-hydroxylation sites is 2. The number of benzene rings is 2. The first-order valence-electron chi connectivity index (χ1n) is 12.1. The quantitative estimate of drug-likeness (QED) is 0.412. The number of carboxylic acids is 1. The normalized spacial score (nSPS) is 14.9. The van der Waals surface area contributed by atoms with Crippen LogP contribution in [0.1, 0.15) is 54.6 Å². The zero-order valence-electron chi connectivity index (χ0n) is 19.9. The molecule has 1 aliphatic rings. The van der Waals surface area contributed by atoms with Crippen molar-refractivity contribution >= 4 is 22.9 Å². The van der Waals surface area contributed by atoms with Crippen LogP contribution >= 0.6 is 0 Å². The van der Waals surface area contributed by atoms with E-state index in [0.717, 1.165) is 36.7 Å². The molecule has 1 amide bonds. The summed E-state index contributed by atoms with van der Waals surface area (Å²) in [5, 5.41) is 12.2. The summed E-state index contributed by atoms with van der Waals surface area (Å²) in [6, 6.07) is 13.4. The third kappa shape index (κ3) is 6.68. The number of nitrogens with one attached hydrogen (secondary N) is 1. The molecule has 1 aliphatic carbocycles. The van der Waals surface area contributed by atoms with E-state index in [1.807, 2.05) is 31.2 Å². The number of carboxylic acid groups (broad SMARTS) is 1. The third-order valence-electron chi connectivity index (χ3n) is 6.31. The number of nitrogens with zero attached hydrogens (tertiary/aromatic N) is 2. The van der Waals surface area contributed by atoms with Gasteiger partial charge in [0.05, 0.1) is 11.0 Å². The molecule has 0 aliphatic heterocycles. The lowest BCUT2D eigenvalue weighted by molar-refractivity contribution is -0.139. The number of hydrogen-bond donors (Lipinski definition) is 2. The summed E-state index contributed by atoms with van der Waals surface area (Å²) in [5.74, 6) is 0.0279. The summed E-state index contributed by atoms with van der Waals surface area (Å²) >= 11 is 0. The first-order chi connectivity index (χ1) is 17.0. The maximum Gasteiger partial charge on any atom is 0.326 e. The Bertz CT molecular complexity index is 1160. The fourth-order valence-electron chi connectivity index (χ4n) is 4.43. The average molecular weight is 478 g/mol. The molecule has 1 heterocycles. The molecule has 3 aromatic rings. The Labute approximate surface area is 204 Å². The SMILES string of the molecule is Cc1nc2ccccc2nc1OCCOc1ccc(C(=O)N[C@@H](CC2CCCCC2)C(=O)O)cc1. The lowest BCUT2D eigenvalue weighted by Gasteiger charge is -2.25. The van der Waals surface area contributed by atoms with E-state index in [1.54, 1.807) is 24.3 Å². The van der Waals surface area contributed by atoms with E-state index in [-0.39, 0.29) is 6.61 Å². The molecular weight excluding hydrogens is 446 g/mol. The predicted octanol–water partition coefficient (Wildman–Crippen LogP) is 4.55. The van der Waals surface area contributed by atoms with Crippen LogP contribution in [0.25, 0.3) is 11.0 Å². The van der Waals surface area contributed by atoms with Crippen molar-refractivity contribution in [3.63, 3.8) is 0 Å². The minimum absolute atomic E-state index is 0.289.